The van der Waals surface area contributed by atoms with Crippen molar-refractivity contribution in [1.82, 2.24) is 9.88 Å². The van der Waals surface area contributed by atoms with Crippen molar-refractivity contribution in [2.24, 2.45) is 11.8 Å². The zero-order chi connectivity index (χ0) is 25.1. The van der Waals surface area contributed by atoms with Crippen molar-refractivity contribution < 1.29 is 23.8 Å². The van der Waals surface area contributed by atoms with Crippen molar-refractivity contribution >= 4 is 34.4 Å². The van der Waals surface area contributed by atoms with Crippen molar-refractivity contribution in [2.45, 2.75) is 39.2 Å². The third-order valence-corrected chi connectivity index (χ3v) is 7.00. The highest BCUT2D eigenvalue weighted by Gasteiger charge is 2.34. The molecule has 35 heavy (non-hydrogen) atoms. The zero-order valence-corrected chi connectivity index (χ0v) is 20.5. The molecule has 4 rings (SSSR count). The van der Waals surface area contributed by atoms with Gasteiger partial charge in [-0.3, -0.25) is 14.6 Å². The molecule has 1 aliphatic heterocycles. The van der Waals surface area contributed by atoms with Crippen LogP contribution in [0.2, 0.25) is 5.02 Å². The lowest BCUT2D eigenvalue weighted by molar-refractivity contribution is -0.148. The van der Waals surface area contributed by atoms with Gasteiger partial charge in [-0.15, -0.1) is 0 Å². The molecule has 0 spiro atoms. The fourth-order valence-electron chi connectivity index (χ4n) is 4.90. The average molecular weight is 499 g/mol. The van der Waals surface area contributed by atoms with E-state index in [4.69, 9.17) is 16.3 Å². The third kappa shape index (κ3) is 5.40. The Labute approximate surface area is 208 Å². The van der Waals surface area contributed by atoms with E-state index in [1.165, 1.54) is 12.1 Å². The number of carboxylic acid groups (broad SMARTS) is 1. The molecule has 1 N–H and O–H groups in total. The number of fused-ring (bicyclic) bond motifs is 1. The number of halogens is 2. The van der Waals surface area contributed by atoms with Gasteiger partial charge in [0, 0.05) is 36.3 Å². The molecule has 0 saturated carbocycles. The van der Waals surface area contributed by atoms with E-state index in [0.29, 0.717) is 41.4 Å². The molecule has 184 valence electrons. The number of carbonyl (C=O) groups excluding carboxylic acids is 1. The first kappa shape index (κ1) is 24.9. The predicted molar refractivity (Wildman–Crippen MR) is 133 cm³/mol. The maximum atomic E-state index is 13.5. The van der Waals surface area contributed by atoms with Gasteiger partial charge in [-0.2, -0.15) is 0 Å². The van der Waals surface area contributed by atoms with Crippen LogP contribution in [0.3, 0.4) is 0 Å². The third-order valence-electron chi connectivity index (χ3n) is 6.69. The smallest absolute Gasteiger partial charge is 0.306 e. The van der Waals surface area contributed by atoms with E-state index >= 15 is 0 Å². The molecule has 3 atom stereocenters. The van der Waals surface area contributed by atoms with Gasteiger partial charge in [-0.25, -0.2) is 4.39 Å². The number of aromatic nitrogens is 1. The summed E-state index contributed by atoms with van der Waals surface area (Å²) < 4.78 is 19.5. The quantitative estimate of drug-likeness (QED) is 0.444. The SMILES string of the molecule is CCC(C(=O)O)[C@H]1CCCN(C(=O)[C@@H](C)Oc2ccc3c(-c4ccc(F)cc4Cl)ccnc3c2)C1. The molecular formula is C27H28ClFN2O4. The van der Waals surface area contributed by atoms with Crippen LogP contribution >= 0.6 is 11.6 Å². The Kier molecular flexibility index (Phi) is 7.55. The van der Waals surface area contributed by atoms with Gasteiger partial charge >= 0.3 is 5.97 Å². The van der Waals surface area contributed by atoms with E-state index in [0.717, 1.165) is 23.8 Å². The standard InChI is InChI=1S/C27H28ClFN2O4/c1-3-20(27(33)34)17-5-4-12-31(15-17)26(32)16(2)35-19-7-9-23-21(10-11-30-25(23)14-19)22-8-6-18(29)13-24(22)28/h6-11,13-14,16-17,20H,3-5,12,15H2,1-2H3,(H,33,34)/t16-,17+,20?/m1/s1. The second kappa shape index (κ2) is 10.6. The molecule has 0 aliphatic carbocycles. The van der Waals surface area contributed by atoms with E-state index in [2.05, 4.69) is 4.98 Å². The number of pyridine rings is 1. The number of hydrogen-bond acceptors (Lipinski definition) is 4. The van der Waals surface area contributed by atoms with Crippen LogP contribution in [0.5, 0.6) is 5.75 Å². The first-order chi connectivity index (χ1) is 16.8. The lowest BCUT2D eigenvalue weighted by Gasteiger charge is -2.36. The molecule has 2 heterocycles. The summed E-state index contributed by atoms with van der Waals surface area (Å²) in [5.41, 5.74) is 2.17. The Morgan fingerprint density at radius 1 is 1.23 bits per heavy atom. The van der Waals surface area contributed by atoms with Crippen molar-refractivity contribution in [2.75, 3.05) is 13.1 Å². The van der Waals surface area contributed by atoms with Gasteiger partial charge in [0.15, 0.2) is 6.10 Å². The molecule has 0 radical (unpaired) electrons. The normalized spacial score (nSPS) is 17.7. The Hall–Kier alpha value is -3.19. The number of aliphatic carboxylic acids is 1. The number of likely N-dealkylation sites (tertiary alicyclic amines) is 1. The van der Waals surface area contributed by atoms with Crippen LogP contribution in [0.15, 0.2) is 48.7 Å². The van der Waals surface area contributed by atoms with Crippen molar-refractivity contribution in [1.29, 1.82) is 0 Å². The number of amides is 1. The van der Waals surface area contributed by atoms with Gasteiger partial charge in [-0.05, 0) is 74.1 Å². The van der Waals surface area contributed by atoms with Gasteiger partial charge < -0.3 is 14.7 Å². The summed E-state index contributed by atoms with van der Waals surface area (Å²) in [6.07, 6.45) is 3.05. The summed E-state index contributed by atoms with van der Waals surface area (Å²) in [4.78, 5) is 30.8. The molecule has 0 bridgehead atoms. The minimum Gasteiger partial charge on any atom is -0.481 e. The molecule has 1 unspecified atom stereocenters. The van der Waals surface area contributed by atoms with Crippen LogP contribution in [0, 0.1) is 17.7 Å². The molecule has 3 aromatic rings. The minimum absolute atomic E-state index is 0.0519. The van der Waals surface area contributed by atoms with E-state index in [1.54, 1.807) is 36.2 Å². The maximum absolute atomic E-state index is 13.5. The molecule has 1 aliphatic rings. The predicted octanol–water partition coefficient (Wildman–Crippen LogP) is 5.81. The number of carboxylic acids is 1. The van der Waals surface area contributed by atoms with Crippen molar-refractivity contribution in [3.05, 3.63) is 59.5 Å². The van der Waals surface area contributed by atoms with E-state index in [-0.39, 0.29) is 11.8 Å². The highest BCUT2D eigenvalue weighted by Crippen LogP contribution is 2.34. The summed E-state index contributed by atoms with van der Waals surface area (Å²) in [5.74, 6) is -1.37. The fourth-order valence-corrected chi connectivity index (χ4v) is 5.17. The highest BCUT2D eigenvalue weighted by molar-refractivity contribution is 6.33. The van der Waals surface area contributed by atoms with Gasteiger partial charge in [0.1, 0.15) is 11.6 Å². The summed E-state index contributed by atoms with van der Waals surface area (Å²) in [6.45, 7) is 4.60. The number of rotatable bonds is 7. The van der Waals surface area contributed by atoms with Crippen LogP contribution in [0.1, 0.15) is 33.1 Å². The lowest BCUT2D eigenvalue weighted by atomic mass is 9.83. The fraction of sp³-hybridized carbons (Fsp3) is 0.370. The summed E-state index contributed by atoms with van der Waals surface area (Å²) in [5, 5.41) is 10.6. The van der Waals surface area contributed by atoms with Crippen molar-refractivity contribution in [3.63, 3.8) is 0 Å². The number of hydrogen-bond donors (Lipinski definition) is 1. The minimum atomic E-state index is -0.805. The number of nitrogens with zero attached hydrogens (tertiary/aromatic N) is 2. The molecule has 2 aromatic carbocycles. The second-order valence-electron chi connectivity index (χ2n) is 8.96. The first-order valence-corrected chi connectivity index (χ1v) is 12.2. The van der Waals surface area contributed by atoms with E-state index in [9.17, 15) is 19.1 Å². The summed E-state index contributed by atoms with van der Waals surface area (Å²) in [6, 6.07) is 11.5. The summed E-state index contributed by atoms with van der Waals surface area (Å²) >= 11 is 6.27. The topological polar surface area (TPSA) is 79.7 Å². The van der Waals surface area contributed by atoms with Gasteiger partial charge in [0.2, 0.25) is 0 Å². The van der Waals surface area contributed by atoms with Crippen molar-refractivity contribution in [3.8, 4) is 16.9 Å². The van der Waals surface area contributed by atoms with Gasteiger partial charge in [0.25, 0.3) is 5.91 Å². The monoisotopic (exact) mass is 498 g/mol. The molecule has 1 saturated heterocycles. The molecule has 1 aromatic heterocycles. The van der Waals surface area contributed by atoms with Crippen LogP contribution in [0.25, 0.3) is 22.0 Å². The molecule has 6 nitrogen and oxygen atoms in total. The van der Waals surface area contributed by atoms with Crippen LogP contribution in [0.4, 0.5) is 4.39 Å². The maximum Gasteiger partial charge on any atom is 0.306 e. The van der Waals surface area contributed by atoms with Gasteiger partial charge in [0.05, 0.1) is 16.5 Å². The van der Waals surface area contributed by atoms with Crippen LogP contribution in [-0.2, 0) is 9.59 Å². The van der Waals surface area contributed by atoms with E-state index < -0.39 is 23.8 Å². The number of ether oxygens (including phenoxy) is 1. The van der Waals surface area contributed by atoms with Crippen LogP contribution in [-0.4, -0.2) is 46.1 Å². The number of benzene rings is 2. The lowest BCUT2D eigenvalue weighted by Crippen LogP contribution is -2.47. The Balaban J connectivity index is 1.50. The molecule has 8 heteroatoms. The molecule has 1 amide bonds. The molecular weight excluding hydrogens is 471 g/mol. The largest absolute Gasteiger partial charge is 0.481 e. The second-order valence-corrected chi connectivity index (χ2v) is 9.37. The molecule has 1 fully saturated rings. The number of carbonyl (C=O) groups is 2. The first-order valence-electron chi connectivity index (χ1n) is 11.8. The Morgan fingerprint density at radius 2 is 2.03 bits per heavy atom. The highest BCUT2D eigenvalue weighted by atomic mass is 35.5. The zero-order valence-electron chi connectivity index (χ0n) is 19.7. The number of piperidine rings is 1. The summed E-state index contributed by atoms with van der Waals surface area (Å²) in [7, 11) is 0. The van der Waals surface area contributed by atoms with Crippen LogP contribution < -0.4 is 4.74 Å². The Morgan fingerprint density at radius 3 is 2.74 bits per heavy atom. The van der Waals surface area contributed by atoms with E-state index in [1.807, 2.05) is 19.1 Å². The Bertz CT molecular complexity index is 1250. The average Bonchev–Trinajstić information content (AvgIpc) is 2.83. The van der Waals surface area contributed by atoms with Gasteiger partial charge in [-0.1, -0.05) is 18.5 Å².